The maximum Gasteiger partial charge on any atom is 0.416 e. The summed E-state index contributed by atoms with van der Waals surface area (Å²) in [5.41, 5.74) is -0.277. The third kappa shape index (κ3) is 4.29. The Labute approximate surface area is 168 Å². The number of hydrogen-bond acceptors (Lipinski definition) is 4. The summed E-state index contributed by atoms with van der Waals surface area (Å²) in [4.78, 5) is 14.6. The molecule has 1 saturated heterocycles. The van der Waals surface area contributed by atoms with E-state index in [4.69, 9.17) is 0 Å². The molecule has 8 heteroatoms. The van der Waals surface area contributed by atoms with Crippen molar-refractivity contribution in [1.82, 2.24) is 10.2 Å². The van der Waals surface area contributed by atoms with Gasteiger partial charge in [0, 0.05) is 30.7 Å². The number of fused-ring (bicyclic) bond motifs is 1. The van der Waals surface area contributed by atoms with Crippen LogP contribution >= 0.6 is 0 Å². The molecule has 160 valence electrons. The summed E-state index contributed by atoms with van der Waals surface area (Å²) in [6, 6.07) is 5.08. The van der Waals surface area contributed by atoms with Crippen LogP contribution in [-0.2, 0) is 11.0 Å². The van der Waals surface area contributed by atoms with Crippen LogP contribution in [0.2, 0.25) is 0 Å². The number of amides is 1. The molecule has 1 aromatic rings. The molecule has 29 heavy (non-hydrogen) atoms. The number of anilines is 1. The van der Waals surface area contributed by atoms with E-state index in [-0.39, 0.29) is 18.2 Å². The second-order valence-electron chi connectivity index (χ2n) is 9.14. The molecule has 2 aliphatic carbocycles. The zero-order valence-electron chi connectivity index (χ0n) is 16.7. The summed E-state index contributed by atoms with van der Waals surface area (Å²) in [6.45, 7) is 6.45. The van der Waals surface area contributed by atoms with E-state index in [0.29, 0.717) is 23.3 Å². The molecule has 2 saturated carbocycles. The molecule has 4 rings (SSSR count). The third-order valence-electron chi connectivity index (χ3n) is 7.19. The minimum absolute atomic E-state index is 0.0857. The van der Waals surface area contributed by atoms with Gasteiger partial charge in [0.25, 0.3) is 0 Å². The van der Waals surface area contributed by atoms with Crippen molar-refractivity contribution in [1.29, 1.82) is 0 Å². The van der Waals surface area contributed by atoms with Gasteiger partial charge in [-0.3, -0.25) is 15.0 Å². The number of benzene rings is 1. The molecule has 0 bridgehead atoms. The average molecular weight is 411 g/mol. The minimum atomic E-state index is -4.46. The molecule has 5 nitrogen and oxygen atoms in total. The van der Waals surface area contributed by atoms with Crippen LogP contribution < -0.4 is 10.6 Å². The number of likely N-dealkylation sites (tertiary alicyclic amines) is 1. The Morgan fingerprint density at radius 3 is 2.55 bits per heavy atom. The van der Waals surface area contributed by atoms with Crippen molar-refractivity contribution in [2.45, 2.75) is 45.1 Å². The summed E-state index contributed by atoms with van der Waals surface area (Å²) in [7, 11) is 0. The molecule has 0 radical (unpaired) electrons. The standard InChI is InChI=1S/C21H28F3N3O2/c1-12(20(2)6-7-20)27-10-15-16(11-27)18(15)19(29)25-9-17(28)26-14-5-3-4-13(8-14)21(22,23)24/h3-5,8,12,15-16,18-19,25,29H,6-7,9-11H2,1-2H3,(H,26,28). The van der Waals surface area contributed by atoms with Crippen molar-refractivity contribution in [3.8, 4) is 0 Å². The van der Waals surface area contributed by atoms with E-state index in [1.165, 1.54) is 25.0 Å². The maximum atomic E-state index is 12.8. The molecule has 4 atom stereocenters. The zero-order chi connectivity index (χ0) is 21.0. The van der Waals surface area contributed by atoms with E-state index in [1.54, 1.807) is 0 Å². The summed E-state index contributed by atoms with van der Waals surface area (Å²) in [5, 5.41) is 15.7. The predicted molar refractivity (Wildman–Crippen MR) is 103 cm³/mol. The average Bonchev–Trinajstić information content (AvgIpc) is 3.53. The molecule has 1 aliphatic heterocycles. The number of aliphatic hydroxyl groups is 1. The molecule has 0 spiro atoms. The summed E-state index contributed by atoms with van der Waals surface area (Å²) >= 11 is 0. The Morgan fingerprint density at radius 2 is 1.97 bits per heavy atom. The van der Waals surface area contributed by atoms with Gasteiger partial charge in [-0.25, -0.2) is 0 Å². The first-order valence-corrected chi connectivity index (χ1v) is 10.2. The number of piperidine rings is 1. The molecule has 1 amide bonds. The first kappa shape index (κ1) is 20.6. The number of rotatable bonds is 7. The Balaban J connectivity index is 1.21. The maximum absolute atomic E-state index is 12.8. The highest BCUT2D eigenvalue weighted by atomic mass is 19.4. The number of carbonyl (C=O) groups is 1. The number of carbonyl (C=O) groups excluding carboxylic acids is 1. The van der Waals surface area contributed by atoms with Crippen LogP contribution in [-0.4, -0.2) is 47.8 Å². The fraction of sp³-hybridized carbons (Fsp3) is 0.667. The number of nitrogens with zero attached hydrogens (tertiary/aromatic N) is 1. The van der Waals surface area contributed by atoms with E-state index >= 15 is 0 Å². The minimum Gasteiger partial charge on any atom is -0.378 e. The van der Waals surface area contributed by atoms with Crippen molar-refractivity contribution < 1.29 is 23.1 Å². The molecule has 3 fully saturated rings. The van der Waals surface area contributed by atoms with Gasteiger partial charge < -0.3 is 10.4 Å². The molecular formula is C21H28F3N3O2. The van der Waals surface area contributed by atoms with Gasteiger partial charge in [0.15, 0.2) is 0 Å². The van der Waals surface area contributed by atoms with Gasteiger partial charge >= 0.3 is 6.18 Å². The second kappa shape index (κ2) is 7.25. The molecule has 0 aromatic heterocycles. The molecule has 1 heterocycles. The van der Waals surface area contributed by atoms with E-state index in [2.05, 4.69) is 29.4 Å². The van der Waals surface area contributed by atoms with E-state index in [9.17, 15) is 23.1 Å². The van der Waals surface area contributed by atoms with Crippen molar-refractivity contribution in [2.24, 2.45) is 23.2 Å². The second-order valence-corrected chi connectivity index (χ2v) is 9.14. The number of halogens is 3. The Bertz CT molecular complexity index is 769. The van der Waals surface area contributed by atoms with Gasteiger partial charge in [-0.15, -0.1) is 0 Å². The first-order valence-electron chi connectivity index (χ1n) is 10.2. The number of alkyl halides is 3. The third-order valence-corrected chi connectivity index (χ3v) is 7.19. The molecular weight excluding hydrogens is 383 g/mol. The zero-order valence-corrected chi connectivity index (χ0v) is 16.7. The number of hydrogen-bond donors (Lipinski definition) is 3. The Morgan fingerprint density at radius 1 is 1.31 bits per heavy atom. The SMILES string of the molecule is CC(N1CC2C(C1)C2C(O)NCC(=O)Nc1cccc(C(F)(F)F)c1)C1(C)CC1. The Hall–Kier alpha value is -1.64. The topological polar surface area (TPSA) is 64.6 Å². The van der Waals surface area contributed by atoms with Crippen molar-refractivity contribution in [3.05, 3.63) is 29.8 Å². The highest BCUT2D eigenvalue weighted by Crippen LogP contribution is 2.57. The number of aliphatic hydroxyl groups excluding tert-OH is 1. The van der Waals surface area contributed by atoms with Crippen LogP contribution in [0.15, 0.2) is 24.3 Å². The van der Waals surface area contributed by atoms with Crippen molar-refractivity contribution >= 4 is 11.6 Å². The van der Waals surface area contributed by atoms with Gasteiger partial charge in [0.1, 0.15) is 6.23 Å². The van der Waals surface area contributed by atoms with Gasteiger partial charge in [-0.05, 0) is 55.2 Å². The fourth-order valence-corrected chi connectivity index (χ4v) is 4.76. The molecule has 3 aliphatic rings. The van der Waals surface area contributed by atoms with Crippen LogP contribution in [0.3, 0.4) is 0 Å². The smallest absolute Gasteiger partial charge is 0.378 e. The van der Waals surface area contributed by atoms with Crippen molar-refractivity contribution in [3.63, 3.8) is 0 Å². The van der Waals surface area contributed by atoms with Crippen LogP contribution in [0.25, 0.3) is 0 Å². The molecule has 4 unspecified atom stereocenters. The van der Waals surface area contributed by atoms with Crippen LogP contribution in [0.4, 0.5) is 18.9 Å². The summed E-state index contributed by atoms with van der Waals surface area (Å²) in [5.74, 6) is 0.570. The predicted octanol–water partition coefficient (Wildman–Crippen LogP) is 2.92. The van der Waals surface area contributed by atoms with E-state index < -0.39 is 23.9 Å². The van der Waals surface area contributed by atoms with Gasteiger partial charge in [0.2, 0.25) is 5.91 Å². The lowest BCUT2D eigenvalue weighted by atomic mass is 9.99. The lowest BCUT2D eigenvalue weighted by Gasteiger charge is -2.32. The molecule has 3 N–H and O–H groups in total. The normalized spacial score (nSPS) is 29.8. The lowest BCUT2D eigenvalue weighted by Crippen LogP contribution is -2.42. The van der Waals surface area contributed by atoms with Gasteiger partial charge in [-0.2, -0.15) is 13.2 Å². The van der Waals surface area contributed by atoms with Gasteiger partial charge in [0.05, 0.1) is 12.1 Å². The molecule has 1 aromatic carbocycles. The van der Waals surface area contributed by atoms with Gasteiger partial charge in [-0.1, -0.05) is 13.0 Å². The fourth-order valence-electron chi connectivity index (χ4n) is 4.76. The van der Waals surface area contributed by atoms with Crippen LogP contribution in [0, 0.1) is 23.2 Å². The highest BCUT2D eigenvalue weighted by Gasteiger charge is 2.60. The van der Waals surface area contributed by atoms with Crippen LogP contribution in [0.5, 0.6) is 0 Å². The number of nitrogens with one attached hydrogen (secondary N) is 2. The highest BCUT2D eigenvalue weighted by molar-refractivity contribution is 5.92. The van der Waals surface area contributed by atoms with Crippen LogP contribution in [0.1, 0.15) is 32.3 Å². The van der Waals surface area contributed by atoms with Crippen molar-refractivity contribution in [2.75, 3.05) is 25.0 Å². The lowest BCUT2D eigenvalue weighted by molar-refractivity contribution is -0.137. The van der Waals surface area contributed by atoms with E-state index in [0.717, 1.165) is 25.2 Å². The first-order chi connectivity index (χ1) is 13.6. The van der Waals surface area contributed by atoms with E-state index in [1.807, 2.05) is 0 Å². The quantitative estimate of drug-likeness (QED) is 0.604. The largest absolute Gasteiger partial charge is 0.416 e. The Kier molecular flexibility index (Phi) is 5.16. The summed E-state index contributed by atoms with van der Waals surface area (Å²) < 4.78 is 38.3. The summed E-state index contributed by atoms with van der Waals surface area (Å²) in [6.07, 6.45) is -2.66. The monoisotopic (exact) mass is 411 g/mol.